The molecule has 20 heavy (non-hydrogen) atoms. The summed E-state index contributed by atoms with van der Waals surface area (Å²) < 4.78 is 17.0. The molecule has 0 N–H and O–H groups in total. The van der Waals surface area contributed by atoms with Crippen molar-refractivity contribution in [1.29, 1.82) is 0 Å². The number of hydrogen-bond donors (Lipinski definition) is 0. The lowest BCUT2D eigenvalue weighted by atomic mass is 10.2. The number of rotatable bonds is 6. The van der Waals surface area contributed by atoms with Crippen molar-refractivity contribution in [3.63, 3.8) is 0 Å². The second-order valence-corrected chi connectivity index (χ2v) is 4.25. The van der Waals surface area contributed by atoms with E-state index in [0.717, 1.165) is 0 Å². The molecule has 0 fully saturated rings. The highest BCUT2D eigenvalue weighted by molar-refractivity contribution is 6.34. The van der Waals surface area contributed by atoms with Gasteiger partial charge in [-0.05, 0) is 20.8 Å². The molecule has 0 aliphatic rings. The summed E-state index contributed by atoms with van der Waals surface area (Å²) in [7, 11) is 0. The molecule has 0 saturated heterocycles. The van der Waals surface area contributed by atoms with Crippen LogP contribution in [0.5, 0.6) is 17.2 Å². The smallest absolute Gasteiger partial charge is 0.204 e. The summed E-state index contributed by atoms with van der Waals surface area (Å²) in [5.41, 5.74) is 0.667. The van der Waals surface area contributed by atoms with E-state index in [0.29, 0.717) is 53.1 Å². The van der Waals surface area contributed by atoms with Gasteiger partial charge in [-0.1, -0.05) is 11.6 Å². The lowest BCUT2D eigenvalue weighted by molar-refractivity contribution is 0.263. The van der Waals surface area contributed by atoms with E-state index in [2.05, 4.69) is 9.97 Å². The van der Waals surface area contributed by atoms with Crippen molar-refractivity contribution >= 4 is 22.5 Å². The second kappa shape index (κ2) is 6.61. The largest absolute Gasteiger partial charge is 0.490 e. The van der Waals surface area contributed by atoms with E-state index in [4.69, 9.17) is 25.8 Å². The Hall–Kier alpha value is -1.75. The van der Waals surface area contributed by atoms with Crippen LogP contribution >= 0.6 is 11.6 Å². The molecule has 0 aliphatic carbocycles. The van der Waals surface area contributed by atoms with Gasteiger partial charge in [0.05, 0.1) is 30.7 Å². The summed E-state index contributed by atoms with van der Waals surface area (Å²) in [4.78, 5) is 8.22. The monoisotopic (exact) mass is 296 g/mol. The topological polar surface area (TPSA) is 53.5 Å². The van der Waals surface area contributed by atoms with Crippen LogP contribution in [0.4, 0.5) is 0 Å². The van der Waals surface area contributed by atoms with Crippen molar-refractivity contribution in [2.24, 2.45) is 0 Å². The average molecular weight is 297 g/mol. The Labute approximate surface area is 122 Å². The Kier molecular flexibility index (Phi) is 4.84. The molecular formula is C14H17ClN2O3. The number of ether oxygens (including phenoxy) is 3. The van der Waals surface area contributed by atoms with Crippen LogP contribution in [-0.4, -0.2) is 29.8 Å². The minimum absolute atomic E-state index is 0.336. The van der Waals surface area contributed by atoms with Crippen molar-refractivity contribution < 1.29 is 14.2 Å². The molecule has 1 aromatic heterocycles. The van der Waals surface area contributed by atoms with Crippen molar-refractivity contribution in [2.45, 2.75) is 20.8 Å². The molecule has 0 bridgehead atoms. The highest BCUT2D eigenvalue weighted by Crippen LogP contribution is 2.45. The van der Waals surface area contributed by atoms with E-state index in [9.17, 15) is 0 Å². The number of nitrogens with zero attached hydrogens (tertiary/aromatic N) is 2. The molecule has 0 radical (unpaired) electrons. The van der Waals surface area contributed by atoms with Gasteiger partial charge in [0.15, 0.2) is 11.5 Å². The first-order chi connectivity index (χ1) is 9.72. The van der Waals surface area contributed by atoms with E-state index >= 15 is 0 Å². The molecular weight excluding hydrogens is 280 g/mol. The Bertz CT molecular complexity index is 604. The highest BCUT2D eigenvalue weighted by atomic mass is 35.5. The van der Waals surface area contributed by atoms with Crippen molar-refractivity contribution in [2.75, 3.05) is 19.8 Å². The standard InChI is InChI=1S/C14H17ClN2O3/c1-4-18-10-7-9-11(14(15)17-8-16-9)13(20-6-3)12(10)19-5-2/h7-8H,4-6H2,1-3H3. The summed E-state index contributed by atoms with van der Waals surface area (Å²) in [5.74, 6) is 1.67. The molecule has 0 atom stereocenters. The maximum Gasteiger partial charge on any atom is 0.204 e. The molecule has 0 saturated carbocycles. The maximum atomic E-state index is 6.17. The fraction of sp³-hybridized carbons (Fsp3) is 0.429. The third-order valence-corrected chi connectivity index (χ3v) is 2.92. The summed E-state index contributed by atoms with van der Waals surface area (Å²) >= 11 is 6.17. The number of aromatic nitrogens is 2. The summed E-state index contributed by atoms with van der Waals surface area (Å²) in [6.07, 6.45) is 1.41. The van der Waals surface area contributed by atoms with Crippen LogP contribution in [0.1, 0.15) is 20.8 Å². The molecule has 2 rings (SSSR count). The lowest BCUT2D eigenvalue weighted by Gasteiger charge is -2.17. The van der Waals surface area contributed by atoms with Crippen molar-refractivity contribution in [1.82, 2.24) is 9.97 Å². The summed E-state index contributed by atoms with van der Waals surface area (Å²) in [6, 6.07) is 1.79. The molecule has 0 spiro atoms. The second-order valence-electron chi connectivity index (χ2n) is 3.89. The maximum absolute atomic E-state index is 6.17. The van der Waals surface area contributed by atoms with E-state index in [-0.39, 0.29) is 0 Å². The third-order valence-electron chi connectivity index (χ3n) is 2.63. The Morgan fingerprint density at radius 3 is 2.25 bits per heavy atom. The number of halogens is 1. The number of fused-ring (bicyclic) bond motifs is 1. The van der Waals surface area contributed by atoms with Crippen LogP contribution in [0.2, 0.25) is 5.15 Å². The number of benzene rings is 1. The molecule has 2 aromatic rings. The fourth-order valence-electron chi connectivity index (χ4n) is 1.94. The first-order valence-corrected chi connectivity index (χ1v) is 6.96. The minimum atomic E-state index is 0.336. The van der Waals surface area contributed by atoms with E-state index in [1.54, 1.807) is 6.07 Å². The first kappa shape index (κ1) is 14.7. The van der Waals surface area contributed by atoms with Gasteiger partial charge in [-0.2, -0.15) is 0 Å². The molecule has 6 heteroatoms. The molecule has 0 unspecified atom stereocenters. The Balaban J connectivity index is 2.75. The van der Waals surface area contributed by atoms with Crippen molar-refractivity contribution in [3.8, 4) is 17.2 Å². The summed E-state index contributed by atoms with van der Waals surface area (Å²) in [5, 5.41) is 0.977. The minimum Gasteiger partial charge on any atom is -0.490 e. The van der Waals surface area contributed by atoms with Gasteiger partial charge in [-0.15, -0.1) is 0 Å². The van der Waals surface area contributed by atoms with E-state index < -0.39 is 0 Å². The Morgan fingerprint density at radius 2 is 1.60 bits per heavy atom. The van der Waals surface area contributed by atoms with Crippen LogP contribution in [-0.2, 0) is 0 Å². The molecule has 1 aromatic carbocycles. The Morgan fingerprint density at radius 1 is 0.950 bits per heavy atom. The zero-order valence-corrected chi connectivity index (χ0v) is 12.5. The zero-order valence-electron chi connectivity index (χ0n) is 11.8. The molecule has 108 valence electrons. The normalized spacial score (nSPS) is 10.6. The van der Waals surface area contributed by atoms with Gasteiger partial charge < -0.3 is 14.2 Å². The van der Waals surface area contributed by atoms with Crippen molar-refractivity contribution in [3.05, 3.63) is 17.5 Å². The fourth-order valence-corrected chi connectivity index (χ4v) is 2.16. The number of hydrogen-bond acceptors (Lipinski definition) is 5. The van der Waals surface area contributed by atoms with E-state index in [1.807, 2.05) is 20.8 Å². The third kappa shape index (κ3) is 2.72. The predicted octanol–water partition coefficient (Wildman–Crippen LogP) is 3.48. The van der Waals surface area contributed by atoms with Gasteiger partial charge in [0.1, 0.15) is 11.5 Å². The van der Waals surface area contributed by atoms with Crippen LogP contribution in [0.25, 0.3) is 10.9 Å². The van der Waals surface area contributed by atoms with Gasteiger partial charge in [-0.25, -0.2) is 9.97 Å². The van der Waals surface area contributed by atoms with Crippen LogP contribution in [0.15, 0.2) is 12.4 Å². The van der Waals surface area contributed by atoms with Gasteiger partial charge in [0.2, 0.25) is 5.75 Å². The van der Waals surface area contributed by atoms with Gasteiger partial charge >= 0.3 is 0 Å². The first-order valence-electron chi connectivity index (χ1n) is 6.58. The predicted molar refractivity (Wildman–Crippen MR) is 78.1 cm³/mol. The van der Waals surface area contributed by atoms with Gasteiger partial charge in [0, 0.05) is 6.07 Å². The molecule has 1 heterocycles. The molecule has 5 nitrogen and oxygen atoms in total. The van der Waals surface area contributed by atoms with Crippen LogP contribution in [0.3, 0.4) is 0 Å². The zero-order chi connectivity index (χ0) is 14.5. The molecule has 0 amide bonds. The van der Waals surface area contributed by atoms with E-state index in [1.165, 1.54) is 6.33 Å². The molecule has 0 aliphatic heterocycles. The average Bonchev–Trinajstić information content (AvgIpc) is 2.43. The van der Waals surface area contributed by atoms with Gasteiger partial charge in [-0.3, -0.25) is 0 Å². The van der Waals surface area contributed by atoms with Crippen LogP contribution in [0, 0.1) is 0 Å². The SMILES string of the molecule is CCOc1cc2ncnc(Cl)c2c(OCC)c1OCC. The lowest BCUT2D eigenvalue weighted by Crippen LogP contribution is -2.04. The highest BCUT2D eigenvalue weighted by Gasteiger charge is 2.20. The van der Waals surface area contributed by atoms with Gasteiger partial charge in [0.25, 0.3) is 0 Å². The van der Waals surface area contributed by atoms with Crippen LogP contribution < -0.4 is 14.2 Å². The summed E-state index contributed by atoms with van der Waals surface area (Å²) in [6.45, 7) is 7.21. The quantitative estimate of drug-likeness (QED) is 0.764.